The number of hydrogen-bond acceptors (Lipinski definition) is 5. The van der Waals surface area contributed by atoms with Gasteiger partial charge in [0.1, 0.15) is 4.88 Å². The Kier molecular flexibility index (Phi) is 6.42. The molecule has 1 aromatic heterocycles. The summed E-state index contributed by atoms with van der Waals surface area (Å²) in [7, 11) is 1.66. The summed E-state index contributed by atoms with van der Waals surface area (Å²) in [6.45, 7) is 10.4. The normalized spacial score (nSPS) is 11.3. The van der Waals surface area contributed by atoms with Crippen LogP contribution in [0, 0.1) is 5.92 Å². The van der Waals surface area contributed by atoms with Crippen molar-refractivity contribution in [2.45, 2.75) is 33.6 Å². The number of thiazole rings is 1. The second kappa shape index (κ2) is 7.59. The number of aromatic nitrogens is 1. The van der Waals surface area contributed by atoms with E-state index in [1.165, 1.54) is 11.3 Å². The van der Waals surface area contributed by atoms with Crippen molar-refractivity contribution >= 4 is 22.4 Å². The third-order valence-electron chi connectivity index (χ3n) is 2.80. The number of hydrogen-bond donors (Lipinski definition) is 1. The minimum atomic E-state index is -0.895. The first-order valence-corrected chi connectivity index (χ1v) is 7.66. The number of carboxylic acid groups (broad SMARTS) is 1. The minimum absolute atomic E-state index is 0.106. The van der Waals surface area contributed by atoms with E-state index in [0.29, 0.717) is 23.1 Å². The highest BCUT2D eigenvalue weighted by atomic mass is 32.1. The fourth-order valence-corrected chi connectivity index (χ4v) is 3.00. The van der Waals surface area contributed by atoms with Gasteiger partial charge in [-0.25, -0.2) is 9.78 Å². The smallest absolute Gasteiger partial charge is 0.347 e. The van der Waals surface area contributed by atoms with Gasteiger partial charge in [-0.15, -0.1) is 0 Å². The van der Waals surface area contributed by atoms with Crippen molar-refractivity contribution in [1.82, 2.24) is 4.98 Å². The van der Waals surface area contributed by atoms with Crippen molar-refractivity contribution in [2.75, 3.05) is 31.7 Å². The molecule has 0 aliphatic carbocycles. The molecule has 0 aliphatic heterocycles. The lowest BCUT2D eigenvalue weighted by Crippen LogP contribution is -2.30. The van der Waals surface area contributed by atoms with Crippen LogP contribution in [-0.4, -0.2) is 42.9 Å². The largest absolute Gasteiger partial charge is 0.477 e. The van der Waals surface area contributed by atoms with Crippen LogP contribution in [0.3, 0.4) is 0 Å². The average Bonchev–Trinajstić information content (AvgIpc) is 2.79. The predicted molar refractivity (Wildman–Crippen MR) is 82.1 cm³/mol. The molecule has 0 saturated carbocycles. The van der Waals surface area contributed by atoms with E-state index in [4.69, 9.17) is 4.74 Å². The lowest BCUT2D eigenvalue weighted by molar-refractivity contribution is 0.0700. The number of carbonyl (C=O) groups is 1. The van der Waals surface area contributed by atoms with Crippen LogP contribution in [-0.2, 0) is 4.74 Å². The van der Waals surface area contributed by atoms with Gasteiger partial charge in [0.2, 0.25) is 0 Å². The van der Waals surface area contributed by atoms with E-state index in [2.05, 4.69) is 23.7 Å². The highest BCUT2D eigenvalue weighted by Gasteiger charge is 2.22. The Labute approximate surface area is 124 Å². The molecule has 0 aromatic carbocycles. The summed E-state index contributed by atoms with van der Waals surface area (Å²) in [6.07, 6.45) is 0. The molecule has 0 amide bonds. The highest BCUT2D eigenvalue weighted by Crippen LogP contribution is 2.31. The molecule has 6 heteroatoms. The molecule has 0 bridgehead atoms. The first-order valence-electron chi connectivity index (χ1n) is 6.84. The van der Waals surface area contributed by atoms with E-state index >= 15 is 0 Å². The maximum Gasteiger partial charge on any atom is 0.347 e. The van der Waals surface area contributed by atoms with Gasteiger partial charge >= 0.3 is 5.97 Å². The zero-order valence-electron chi connectivity index (χ0n) is 12.8. The van der Waals surface area contributed by atoms with Gasteiger partial charge in [-0.3, -0.25) is 0 Å². The number of methoxy groups -OCH3 is 1. The van der Waals surface area contributed by atoms with Crippen LogP contribution in [0.4, 0.5) is 5.13 Å². The van der Waals surface area contributed by atoms with E-state index in [0.717, 1.165) is 18.2 Å². The number of carboxylic acids is 1. The summed E-state index contributed by atoms with van der Waals surface area (Å²) in [5.74, 6) is -0.311. The first-order chi connectivity index (χ1) is 9.36. The molecule has 114 valence electrons. The molecule has 5 nitrogen and oxygen atoms in total. The number of anilines is 1. The summed E-state index contributed by atoms with van der Waals surface area (Å²) in [5, 5.41) is 10.1. The third kappa shape index (κ3) is 4.45. The molecule has 1 heterocycles. The molecule has 1 rings (SSSR count). The van der Waals surface area contributed by atoms with Crippen LogP contribution >= 0.6 is 11.3 Å². The van der Waals surface area contributed by atoms with Gasteiger partial charge in [-0.2, -0.15) is 0 Å². The summed E-state index contributed by atoms with van der Waals surface area (Å²) in [6, 6.07) is 0. The summed E-state index contributed by atoms with van der Waals surface area (Å²) < 4.78 is 5.13. The van der Waals surface area contributed by atoms with Gasteiger partial charge in [-0.05, 0) is 11.8 Å². The minimum Gasteiger partial charge on any atom is -0.477 e. The van der Waals surface area contributed by atoms with Crippen molar-refractivity contribution in [3.63, 3.8) is 0 Å². The second-order valence-electron chi connectivity index (χ2n) is 5.50. The molecule has 0 atom stereocenters. The quantitative estimate of drug-likeness (QED) is 0.799. The maximum absolute atomic E-state index is 11.3. The van der Waals surface area contributed by atoms with Gasteiger partial charge < -0.3 is 14.7 Å². The number of nitrogens with zero attached hydrogens (tertiary/aromatic N) is 2. The Morgan fingerprint density at radius 2 is 2.05 bits per heavy atom. The fraction of sp³-hybridized carbons (Fsp3) is 0.714. The number of aromatic carboxylic acids is 1. The molecular formula is C14H24N2O3S. The molecule has 0 fully saturated rings. The third-order valence-corrected chi connectivity index (χ3v) is 3.92. The maximum atomic E-state index is 11.3. The van der Waals surface area contributed by atoms with Gasteiger partial charge in [0.05, 0.1) is 12.3 Å². The van der Waals surface area contributed by atoms with Gasteiger partial charge in [-0.1, -0.05) is 39.0 Å². The average molecular weight is 300 g/mol. The number of ether oxygens (including phenoxy) is 1. The van der Waals surface area contributed by atoms with E-state index in [1.807, 2.05) is 13.8 Å². The molecule has 1 N–H and O–H groups in total. The van der Waals surface area contributed by atoms with Crippen LogP contribution in [0.2, 0.25) is 0 Å². The molecule has 20 heavy (non-hydrogen) atoms. The Bertz CT molecular complexity index is 444. The van der Waals surface area contributed by atoms with Gasteiger partial charge in [0.25, 0.3) is 0 Å². The second-order valence-corrected chi connectivity index (χ2v) is 6.48. The molecule has 0 radical (unpaired) electrons. The van der Waals surface area contributed by atoms with Crippen LogP contribution < -0.4 is 4.90 Å². The molecule has 1 aromatic rings. The summed E-state index contributed by atoms with van der Waals surface area (Å²) in [4.78, 5) is 18.3. The van der Waals surface area contributed by atoms with Crippen LogP contribution in [0.5, 0.6) is 0 Å². The standard InChI is InChI=1S/C14H24N2O3S/c1-9(2)8-16(6-7-19-5)14-15-11(10(3)4)12(20-14)13(17)18/h9-10H,6-8H2,1-5H3,(H,17,18). The Balaban J connectivity index is 3.06. The molecule has 0 unspecified atom stereocenters. The molecule has 0 spiro atoms. The highest BCUT2D eigenvalue weighted by molar-refractivity contribution is 7.17. The predicted octanol–water partition coefficient (Wildman–Crippen LogP) is 3.07. The van der Waals surface area contributed by atoms with Crippen molar-refractivity contribution < 1.29 is 14.6 Å². The van der Waals surface area contributed by atoms with Crippen molar-refractivity contribution in [3.8, 4) is 0 Å². The van der Waals surface area contributed by atoms with Crippen molar-refractivity contribution in [3.05, 3.63) is 10.6 Å². The molecule has 0 saturated heterocycles. The van der Waals surface area contributed by atoms with E-state index in [1.54, 1.807) is 7.11 Å². The summed E-state index contributed by atoms with van der Waals surface area (Å²) in [5.41, 5.74) is 0.670. The first kappa shape index (κ1) is 16.9. The Hall–Kier alpha value is -1.14. The van der Waals surface area contributed by atoms with Crippen LogP contribution in [0.25, 0.3) is 0 Å². The Morgan fingerprint density at radius 3 is 2.45 bits per heavy atom. The topological polar surface area (TPSA) is 62.7 Å². The lowest BCUT2D eigenvalue weighted by atomic mass is 10.1. The van der Waals surface area contributed by atoms with Crippen LogP contribution in [0.1, 0.15) is 49.0 Å². The Morgan fingerprint density at radius 1 is 1.40 bits per heavy atom. The van der Waals surface area contributed by atoms with E-state index in [9.17, 15) is 9.90 Å². The van der Waals surface area contributed by atoms with Gasteiger partial charge in [0, 0.05) is 20.2 Å². The molecule has 0 aliphatic rings. The fourth-order valence-electron chi connectivity index (χ4n) is 1.91. The zero-order chi connectivity index (χ0) is 15.3. The van der Waals surface area contributed by atoms with E-state index in [-0.39, 0.29) is 5.92 Å². The van der Waals surface area contributed by atoms with Crippen LogP contribution in [0.15, 0.2) is 0 Å². The SMILES string of the molecule is COCCN(CC(C)C)c1nc(C(C)C)c(C(=O)O)s1. The van der Waals surface area contributed by atoms with Crippen molar-refractivity contribution in [1.29, 1.82) is 0 Å². The van der Waals surface area contributed by atoms with Gasteiger partial charge in [0.15, 0.2) is 5.13 Å². The molecular weight excluding hydrogens is 276 g/mol. The van der Waals surface area contributed by atoms with Crippen molar-refractivity contribution in [2.24, 2.45) is 5.92 Å². The monoisotopic (exact) mass is 300 g/mol. The zero-order valence-corrected chi connectivity index (χ0v) is 13.7. The summed E-state index contributed by atoms with van der Waals surface area (Å²) >= 11 is 1.26. The lowest BCUT2D eigenvalue weighted by Gasteiger charge is -2.23. The number of rotatable bonds is 8. The van der Waals surface area contributed by atoms with E-state index < -0.39 is 5.97 Å².